The van der Waals surface area contributed by atoms with Gasteiger partial charge in [-0.3, -0.25) is 0 Å². The number of hydrogen-bond acceptors (Lipinski definition) is 2. The van der Waals surface area contributed by atoms with Gasteiger partial charge < -0.3 is 10.1 Å². The molecule has 0 amide bonds. The lowest BCUT2D eigenvalue weighted by atomic mass is 10.1. The lowest BCUT2D eigenvalue weighted by molar-refractivity contribution is 0.0332. The average Bonchev–Trinajstić information content (AvgIpc) is 2.86. The van der Waals surface area contributed by atoms with Crippen molar-refractivity contribution in [3.8, 4) is 0 Å². The molecule has 2 heteroatoms. The number of likely N-dealkylation sites (N-methyl/N-ethyl adjacent to an activating group) is 1. The van der Waals surface area contributed by atoms with Crippen LogP contribution in [0.1, 0.15) is 33.1 Å². The number of rotatable bonds is 6. The molecule has 2 nitrogen and oxygen atoms in total. The summed E-state index contributed by atoms with van der Waals surface area (Å²) < 4.78 is 5.75. The minimum atomic E-state index is 0.362. The van der Waals surface area contributed by atoms with E-state index in [0.29, 0.717) is 12.1 Å². The van der Waals surface area contributed by atoms with Crippen LogP contribution in [-0.2, 0) is 4.74 Å². The fraction of sp³-hybridized carbons (Fsp3) is 1.00. The van der Waals surface area contributed by atoms with Gasteiger partial charge in [0.05, 0.1) is 6.10 Å². The molecule has 1 N–H and O–H groups in total. The van der Waals surface area contributed by atoms with Crippen molar-refractivity contribution in [1.29, 1.82) is 0 Å². The van der Waals surface area contributed by atoms with Crippen molar-refractivity contribution >= 4 is 0 Å². The van der Waals surface area contributed by atoms with Crippen LogP contribution in [0, 0.1) is 5.92 Å². The summed E-state index contributed by atoms with van der Waals surface area (Å²) in [7, 11) is 2.01. The van der Waals surface area contributed by atoms with Gasteiger partial charge in [-0.15, -0.1) is 0 Å². The minimum Gasteiger partial charge on any atom is -0.377 e. The Kier molecular flexibility index (Phi) is 4.02. The van der Waals surface area contributed by atoms with Gasteiger partial charge in [-0.1, -0.05) is 6.92 Å². The largest absolute Gasteiger partial charge is 0.377 e. The zero-order valence-electron chi connectivity index (χ0n) is 8.47. The van der Waals surface area contributed by atoms with Crippen molar-refractivity contribution < 1.29 is 4.74 Å². The molecule has 0 heterocycles. The summed E-state index contributed by atoms with van der Waals surface area (Å²) in [5.74, 6) is 0.877. The molecule has 0 radical (unpaired) electrons. The molecule has 0 aromatic rings. The van der Waals surface area contributed by atoms with Crippen LogP contribution >= 0.6 is 0 Å². The Labute approximate surface area is 75.7 Å². The lowest BCUT2D eigenvalue weighted by Crippen LogP contribution is -2.37. The van der Waals surface area contributed by atoms with Crippen molar-refractivity contribution in [3.05, 3.63) is 0 Å². The number of ether oxygens (including phenoxy) is 1. The highest BCUT2D eigenvalue weighted by Gasteiger charge is 2.23. The monoisotopic (exact) mass is 171 g/mol. The zero-order chi connectivity index (χ0) is 8.97. The van der Waals surface area contributed by atoms with Gasteiger partial charge in [-0.25, -0.2) is 0 Å². The minimum absolute atomic E-state index is 0.362. The Balaban J connectivity index is 2.10. The second-order valence-electron chi connectivity index (χ2n) is 3.79. The summed E-state index contributed by atoms with van der Waals surface area (Å²) in [6, 6.07) is 0.517. The normalized spacial score (nSPS) is 22.2. The van der Waals surface area contributed by atoms with Crippen LogP contribution in [0.4, 0.5) is 0 Å². The van der Waals surface area contributed by atoms with Crippen LogP contribution < -0.4 is 5.32 Å². The highest BCUT2D eigenvalue weighted by Crippen LogP contribution is 2.29. The van der Waals surface area contributed by atoms with Crippen molar-refractivity contribution in [2.75, 3.05) is 13.7 Å². The topological polar surface area (TPSA) is 21.3 Å². The van der Waals surface area contributed by atoms with E-state index in [1.807, 2.05) is 7.05 Å². The standard InChI is InChI=1S/C10H21NO/c1-4-10(11-3)8(2)12-7-9-5-6-9/h8-11H,4-7H2,1-3H3. The molecule has 0 spiro atoms. The first-order chi connectivity index (χ1) is 5.77. The molecule has 1 saturated carbocycles. The molecular weight excluding hydrogens is 150 g/mol. The second kappa shape index (κ2) is 4.83. The van der Waals surface area contributed by atoms with Gasteiger partial charge in [-0.05, 0) is 39.2 Å². The van der Waals surface area contributed by atoms with Gasteiger partial charge in [0.2, 0.25) is 0 Å². The summed E-state index contributed by atoms with van der Waals surface area (Å²) in [5, 5.41) is 3.27. The van der Waals surface area contributed by atoms with Crippen LogP contribution in [0.5, 0.6) is 0 Å². The Bertz CT molecular complexity index is 119. The smallest absolute Gasteiger partial charge is 0.0699 e. The summed E-state index contributed by atoms with van der Waals surface area (Å²) >= 11 is 0. The Morgan fingerprint density at radius 2 is 2.17 bits per heavy atom. The van der Waals surface area contributed by atoms with Crippen molar-refractivity contribution in [2.24, 2.45) is 5.92 Å². The third-order valence-corrected chi connectivity index (χ3v) is 2.67. The predicted molar refractivity (Wildman–Crippen MR) is 51.3 cm³/mol. The summed E-state index contributed by atoms with van der Waals surface area (Å²) in [5.41, 5.74) is 0. The van der Waals surface area contributed by atoms with E-state index < -0.39 is 0 Å². The maximum absolute atomic E-state index is 5.75. The van der Waals surface area contributed by atoms with E-state index in [0.717, 1.165) is 18.9 Å². The summed E-state index contributed by atoms with van der Waals surface area (Å²) in [6.45, 7) is 5.32. The van der Waals surface area contributed by atoms with Crippen LogP contribution in [0.15, 0.2) is 0 Å². The van der Waals surface area contributed by atoms with Gasteiger partial charge in [-0.2, -0.15) is 0 Å². The average molecular weight is 171 g/mol. The maximum atomic E-state index is 5.75. The van der Waals surface area contributed by atoms with E-state index in [9.17, 15) is 0 Å². The molecule has 0 bridgehead atoms. The fourth-order valence-corrected chi connectivity index (χ4v) is 1.46. The fourth-order valence-electron chi connectivity index (χ4n) is 1.46. The third kappa shape index (κ3) is 3.11. The molecule has 2 unspecified atom stereocenters. The molecule has 12 heavy (non-hydrogen) atoms. The molecule has 1 aliphatic rings. The molecule has 72 valence electrons. The highest BCUT2D eigenvalue weighted by atomic mass is 16.5. The maximum Gasteiger partial charge on any atom is 0.0699 e. The zero-order valence-corrected chi connectivity index (χ0v) is 8.47. The van der Waals surface area contributed by atoms with Crippen LogP contribution in [0.25, 0.3) is 0 Å². The molecule has 1 rings (SSSR count). The van der Waals surface area contributed by atoms with Crippen molar-refractivity contribution in [2.45, 2.75) is 45.3 Å². The molecule has 0 aromatic carbocycles. The van der Waals surface area contributed by atoms with Gasteiger partial charge in [0, 0.05) is 12.6 Å². The third-order valence-electron chi connectivity index (χ3n) is 2.67. The number of nitrogens with one attached hydrogen (secondary N) is 1. The molecule has 0 saturated heterocycles. The summed E-state index contributed by atoms with van der Waals surface area (Å²) in [4.78, 5) is 0. The van der Waals surface area contributed by atoms with Crippen LogP contribution in [0.2, 0.25) is 0 Å². The first kappa shape index (κ1) is 10.0. The quantitative estimate of drug-likeness (QED) is 0.658. The van der Waals surface area contributed by atoms with E-state index >= 15 is 0 Å². The summed E-state index contributed by atoms with van der Waals surface area (Å²) in [6.07, 6.45) is 4.26. The SMILES string of the molecule is CCC(NC)C(C)OCC1CC1. The lowest BCUT2D eigenvalue weighted by Gasteiger charge is -2.22. The first-order valence-corrected chi connectivity index (χ1v) is 5.06. The van der Waals surface area contributed by atoms with Crippen molar-refractivity contribution in [1.82, 2.24) is 5.32 Å². The van der Waals surface area contributed by atoms with E-state index in [1.54, 1.807) is 0 Å². The molecule has 1 aliphatic carbocycles. The molecular formula is C10H21NO. The van der Waals surface area contributed by atoms with Crippen LogP contribution in [0.3, 0.4) is 0 Å². The van der Waals surface area contributed by atoms with Gasteiger partial charge >= 0.3 is 0 Å². The van der Waals surface area contributed by atoms with Crippen LogP contribution in [-0.4, -0.2) is 25.8 Å². The van der Waals surface area contributed by atoms with E-state index in [2.05, 4.69) is 19.2 Å². The Hall–Kier alpha value is -0.0800. The molecule has 0 aromatic heterocycles. The first-order valence-electron chi connectivity index (χ1n) is 5.06. The van der Waals surface area contributed by atoms with Gasteiger partial charge in [0.1, 0.15) is 0 Å². The Morgan fingerprint density at radius 1 is 1.50 bits per heavy atom. The van der Waals surface area contributed by atoms with Gasteiger partial charge in [0.15, 0.2) is 0 Å². The van der Waals surface area contributed by atoms with E-state index in [-0.39, 0.29) is 0 Å². The molecule has 2 atom stereocenters. The molecule has 0 aliphatic heterocycles. The van der Waals surface area contributed by atoms with Crippen molar-refractivity contribution in [3.63, 3.8) is 0 Å². The Morgan fingerprint density at radius 3 is 2.58 bits per heavy atom. The van der Waals surface area contributed by atoms with E-state index in [4.69, 9.17) is 4.74 Å². The number of hydrogen-bond donors (Lipinski definition) is 1. The predicted octanol–water partition coefficient (Wildman–Crippen LogP) is 1.80. The molecule has 1 fully saturated rings. The van der Waals surface area contributed by atoms with E-state index in [1.165, 1.54) is 12.8 Å². The van der Waals surface area contributed by atoms with Gasteiger partial charge in [0.25, 0.3) is 0 Å². The highest BCUT2D eigenvalue weighted by molar-refractivity contribution is 4.75. The second-order valence-corrected chi connectivity index (χ2v) is 3.79.